The largest absolute Gasteiger partial charge is 0.381 e. The Hall–Kier alpha value is -2.41. The second-order valence-electron chi connectivity index (χ2n) is 8.38. The summed E-state index contributed by atoms with van der Waals surface area (Å²) >= 11 is 0. The normalized spacial score (nSPS) is 20.7. The number of nitrogens with zero attached hydrogens (tertiary/aromatic N) is 2. The number of fused-ring (bicyclic) bond motifs is 1. The SMILES string of the molecule is Cc1nc2ccc(C(=O)N3CCC[C@H](CC(=O)NCC4CCOCC4)C3)cc2[nH]1. The van der Waals surface area contributed by atoms with Crippen LogP contribution in [0, 0.1) is 18.8 Å². The maximum atomic E-state index is 13.0. The lowest BCUT2D eigenvalue weighted by Crippen LogP contribution is -2.42. The van der Waals surface area contributed by atoms with Gasteiger partial charge >= 0.3 is 0 Å². The molecule has 0 bridgehead atoms. The van der Waals surface area contributed by atoms with Gasteiger partial charge < -0.3 is 19.9 Å². The molecule has 2 aliphatic heterocycles. The molecule has 7 heteroatoms. The van der Waals surface area contributed by atoms with Crippen LogP contribution >= 0.6 is 0 Å². The van der Waals surface area contributed by atoms with E-state index in [9.17, 15) is 9.59 Å². The number of carbonyl (C=O) groups is 2. The van der Waals surface area contributed by atoms with Crippen molar-refractivity contribution < 1.29 is 14.3 Å². The fourth-order valence-electron chi connectivity index (χ4n) is 4.41. The van der Waals surface area contributed by atoms with E-state index in [1.165, 1.54) is 0 Å². The maximum Gasteiger partial charge on any atom is 0.253 e. The van der Waals surface area contributed by atoms with E-state index in [0.29, 0.717) is 24.4 Å². The molecule has 7 nitrogen and oxygen atoms in total. The summed E-state index contributed by atoms with van der Waals surface area (Å²) in [6, 6.07) is 5.61. The zero-order valence-electron chi connectivity index (χ0n) is 17.1. The molecule has 2 aromatic rings. The van der Waals surface area contributed by atoms with Gasteiger partial charge in [-0.25, -0.2) is 4.98 Å². The van der Waals surface area contributed by atoms with Crippen molar-refractivity contribution in [3.63, 3.8) is 0 Å². The molecule has 0 aliphatic carbocycles. The van der Waals surface area contributed by atoms with Crippen LogP contribution in [-0.2, 0) is 9.53 Å². The number of likely N-dealkylation sites (tertiary alicyclic amines) is 1. The van der Waals surface area contributed by atoms with Crippen molar-refractivity contribution in [2.75, 3.05) is 32.8 Å². The molecular weight excluding hydrogens is 368 g/mol. The van der Waals surface area contributed by atoms with Gasteiger partial charge in [0.1, 0.15) is 5.82 Å². The van der Waals surface area contributed by atoms with Gasteiger partial charge in [0.15, 0.2) is 0 Å². The quantitative estimate of drug-likeness (QED) is 0.811. The van der Waals surface area contributed by atoms with Gasteiger partial charge in [0.25, 0.3) is 5.91 Å². The number of amides is 2. The molecule has 2 fully saturated rings. The van der Waals surface area contributed by atoms with Gasteiger partial charge in [0, 0.05) is 44.8 Å². The van der Waals surface area contributed by atoms with Crippen molar-refractivity contribution in [1.82, 2.24) is 20.2 Å². The standard InChI is InChI=1S/C22H30N4O3/c1-15-24-19-5-4-18(12-20(19)25-15)22(28)26-8-2-3-17(14-26)11-21(27)23-13-16-6-9-29-10-7-16/h4-5,12,16-17H,2-3,6-11,13-14H2,1H3,(H,23,27)(H,24,25)/t17-/m1/s1. The van der Waals surface area contributed by atoms with Gasteiger partial charge in [-0.2, -0.15) is 0 Å². The highest BCUT2D eigenvalue weighted by Gasteiger charge is 2.26. The summed E-state index contributed by atoms with van der Waals surface area (Å²) in [7, 11) is 0. The average molecular weight is 399 g/mol. The minimum Gasteiger partial charge on any atom is -0.381 e. The molecule has 0 radical (unpaired) electrons. The van der Waals surface area contributed by atoms with Gasteiger partial charge in [0.05, 0.1) is 11.0 Å². The van der Waals surface area contributed by atoms with Gasteiger partial charge in [-0.1, -0.05) is 0 Å². The van der Waals surface area contributed by atoms with Gasteiger partial charge in [0.2, 0.25) is 5.91 Å². The van der Waals surface area contributed by atoms with Crippen LogP contribution in [0.4, 0.5) is 0 Å². The first-order valence-electron chi connectivity index (χ1n) is 10.7. The first-order chi connectivity index (χ1) is 14.1. The Morgan fingerprint density at radius 2 is 2.07 bits per heavy atom. The number of rotatable bonds is 5. The van der Waals surface area contributed by atoms with Crippen molar-refractivity contribution in [3.05, 3.63) is 29.6 Å². The summed E-state index contributed by atoms with van der Waals surface area (Å²) in [6.45, 7) is 5.63. The summed E-state index contributed by atoms with van der Waals surface area (Å²) in [5.74, 6) is 1.73. The molecule has 156 valence electrons. The molecule has 4 rings (SSSR count). The first kappa shape index (κ1) is 19.9. The molecular formula is C22H30N4O3. The number of aryl methyl sites for hydroxylation is 1. The van der Waals surface area contributed by atoms with Crippen LogP contribution in [0.25, 0.3) is 11.0 Å². The Labute approximate surface area is 171 Å². The number of nitrogens with one attached hydrogen (secondary N) is 2. The Bertz CT molecular complexity index is 872. The van der Waals surface area contributed by atoms with Crippen LogP contribution in [0.1, 0.15) is 48.3 Å². The van der Waals surface area contributed by atoms with E-state index in [-0.39, 0.29) is 17.7 Å². The highest BCUT2D eigenvalue weighted by molar-refractivity contribution is 5.97. The highest BCUT2D eigenvalue weighted by atomic mass is 16.5. The number of aromatic amines is 1. The molecule has 29 heavy (non-hydrogen) atoms. The number of piperidine rings is 1. The van der Waals surface area contributed by atoms with Crippen molar-refractivity contribution in [2.24, 2.45) is 11.8 Å². The summed E-state index contributed by atoms with van der Waals surface area (Å²) < 4.78 is 5.37. The number of benzene rings is 1. The van der Waals surface area contributed by atoms with E-state index >= 15 is 0 Å². The first-order valence-corrected chi connectivity index (χ1v) is 10.7. The Kier molecular flexibility index (Phi) is 6.13. The molecule has 2 N–H and O–H groups in total. The summed E-state index contributed by atoms with van der Waals surface area (Å²) in [6.07, 6.45) is 4.46. The van der Waals surface area contributed by atoms with E-state index in [2.05, 4.69) is 15.3 Å². The van der Waals surface area contributed by atoms with Crippen LogP contribution in [0.5, 0.6) is 0 Å². The molecule has 0 saturated carbocycles. The van der Waals surface area contributed by atoms with Crippen LogP contribution in [0.3, 0.4) is 0 Å². The fourth-order valence-corrected chi connectivity index (χ4v) is 4.41. The van der Waals surface area contributed by atoms with E-state index in [1.807, 2.05) is 30.0 Å². The number of aromatic nitrogens is 2. The van der Waals surface area contributed by atoms with E-state index in [4.69, 9.17) is 4.74 Å². The topological polar surface area (TPSA) is 87.3 Å². The van der Waals surface area contributed by atoms with Crippen molar-refractivity contribution >= 4 is 22.8 Å². The van der Waals surface area contributed by atoms with Crippen LogP contribution in [0.15, 0.2) is 18.2 Å². The molecule has 2 aliphatic rings. The van der Waals surface area contributed by atoms with Gasteiger partial charge in [-0.15, -0.1) is 0 Å². The lowest BCUT2D eigenvalue weighted by Gasteiger charge is -2.32. The zero-order chi connectivity index (χ0) is 20.2. The van der Waals surface area contributed by atoms with Crippen molar-refractivity contribution in [3.8, 4) is 0 Å². The molecule has 0 spiro atoms. The van der Waals surface area contributed by atoms with Gasteiger partial charge in [-0.3, -0.25) is 9.59 Å². The summed E-state index contributed by atoms with van der Waals surface area (Å²) in [4.78, 5) is 34.9. The maximum absolute atomic E-state index is 13.0. The fraction of sp³-hybridized carbons (Fsp3) is 0.591. The van der Waals surface area contributed by atoms with Gasteiger partial charge in [-0.05, 0) is 62.6 Å². The van der Waals surface area contributed by atoms with Crippen molar-refractivity contribution in [1.29, 1.82) is 0 Å². The summed E-state index contributed by atoms with van der Waals surface area (Å²) in [5.41, 5.74) is 2.43. The molecule has 0 unspecified atom stereocenters. The lowest BCUT2D eigenvalue weighted by molar-refractivity contribution is -0.122. The zero-order valence-corrected chi connectivity index (χ0v) is 17.1. The third kappa shape index (κ3) is 4.96. The smallest absolute Gasteiger partial charge is 0.253 e. The van der Waals surface area contributed by atoms with Crippen molar-refractivity contribution in [2.45, 2.75) is 39.0 Å². The Morgan fingerprint density at radius 1 is 1.24 bits per heavy atom. The third-order valence-electron chi connectivity index (χ3n) is 6.06. The molecule has 1 aromatic heterocycles. The van der Waals surface area contributed by atoms with Crippen LogP contribution < -0.4 is 5.32 Å². The number of hydrogen-bond acceptors (Lipinski definition) is 4. The molecule has 3 heterocycles. The third-order valence-corrected chi connectivity index (χ3v) is 6.06. The lowest BCUT2D eigenvalue weighted by atomic mass is 9.93. The molecule has 1 aromatic carbocycles. The molecule has 2 saturated heterocycles. The highest BCUT2D eigenvalue weighted by Crippen LogP contribution is 2.23. The van der Waals surface area contributed by atoms with Crippen LogP contribution in [0.2, 0.25) is 0 Å². The number of carbonyl (C=O) groups excluding carboxylic acids is 2. The number of ether oxygens (including phenoxy) is 1. The average Bonchev–Trinajstić information content (AvgIpc) is 3.12. The second-order valence-corrected chi connectivity index (χ2v) is 8.38. The van der Waals surface area contributed by atoms with E-state index < -0.39 is 0 Å². The second kappa shape index (κ2) is 8.95. The molecule has 1 atom stereocenters. The Balaban J connectivity index is 1.31. The minimum absolute atomic E-state index is 0.0338. The van der Waals surface area contributed by atoms with E-state index in [0.717, 1.165) is 68.8 Å². The number of hydrogen-bond donors (Lipinski definition) is 2. The molecule has 2 amide bonds. The van der Waals surface area contributed by atoms with E-state index in [1.54, 1.807) is 0 Å². The monoisotopic (exact) mass is 398 g/mol. The Morgan fingerprint density at radius 3 is 2.90 bits per heavy atom. The number of imidazole rings is 1. The minimum atomic E-state index is 0.0338. The summed E-state index contributed by atoms with van der Waals surface area (Å²) in [5, 5.41) is 3.09. The number of H-pyrrole nitrogens is 1. The predicted molar refractivity (Wildman–Crippen MR) is 111 cm³/mol. The van der Waals surface area contributed by atoms with Crippen LogP contribution in [-0.4, -0.2) is 59.5 Å². The predicted octanol–water partition coefficient (Wildman–Crippen LogP) is 2.66.